The van der Waals surface area contributed by atoms with Crippen molar-refractivity contribution < 1.29 is 0 Å². The summed E-state index contributed by atoms with van der Waals surface area (Å²) in [6, 6.07) is 0. The first kappa shape index (κ1) is 7.23. The second kappa shape index (κ2) is 2.90. The third-order valence-corrected chi connectivity index (χ3v) is 2.76. The van der Waals surface area contributed by atoms with Gasteiger partial charge in [-0.2, -0.15) is 0 Å². The van der Waals surface area contributed by atoms with Gasteiger partial charge in [-0.1, -0.05) is 30.4 Å². The Kier molecular flexibility index (Phi) is 1.91. The highest BCUT2D eigenvalue weighted by molar-refractivity contribution is 8.04. The summed E-state index contributed by atoms with van der Waals surface area (Å²) in [7, 11) is 0. The molecule has 11 heavy (non-hydrogen) atoms. The Bertz CT molecular complexity index is 219. The van der Waals surface area contributed by atoms with Crippen LogP contribution in [-0.2, 0) is 0 Å². The molecule has 0 saturated heterocycles. The van der Waals surface area contributed by atoms with Crippen molar-refractivity contribution in [2.24, 2.45) is 5.41 Å². The lowest BCUT2D eigenvalue weighted by Gasteiger charge is -2.03. The molecule has 56 valence electrons. The Morgan fingerprint density at radius 1 is 1.09 bits per heavy atom. The second-order valence-corrected chi connectivity index (χ2v) is 3.66. The molecule has 0 aromatic carbocycles. The Hall–Kier alpha value is -0.430. The summed E-state index contributed by atoms with van der Waals surface area (Å²) in [6.45, 7) is 0. The van der Waals surface area contributed by atoms with Gasteiger partial charge in [0.1, 0.15) is 0 Å². The highest BCUT2D eigenvalue weighted by Crippen LogP contribution is 2.52. The van der Waals surface area contributed by atoms with Crippen LogP contribution in [0.2, 0.25) is 0 Å². The van der Waals surface area contributed by atoms with Crippen molar-refractivity contribution in [1.29, 1.82) is 0 Å². The fourth-order valence-electron chi connectivity index (χ4n) is 1.04. The van der Waals surface area contributed by atoms with Crippen LogP contribution < -0.4 is 0 Å². The van der Waals surface area contributed by atoms with Gasteiger partial charge in [-0.3, -0.25) is 0 Å². The van der Waals surface area contributed by atoms with Crippen molar-refractivity contribution in [2.45, 2.75) is 12.8 Å². The fraction of sp³-hybridized carbons (Fsp3) is 0.300. The molecule has 0 atom stereocenters. The van der Waals surface area contributed by atoms with Crippen LogP contribution in [0.5, 0.6) is 0 Å². The third-order valence-electron chi connectivity index (χ3n) is 1.95. The minimum Gasteiger partial charge on any atom is -0.123 e. The molecule has 1 fully saturated rings. The minimum absolute atomic E-state index is 0.323. The van der Waals surface area contributed by atoms with E-state index in [4.69, 9.17) is 0 Å². The molecule has 0 aromatic heterocycles. The van der Waals surface area contributed by atoms with Crippen LogP contribution in [0.3, 0.4) is 0 Å². The first-order chi connectivity index (χ1) is 5.41. The standard InChI is InChI=1S/C10H10S/c1-2-4-8-11-9-10(5-3-1)6-7-10/h1-5,8H,6-7H2/b2-1-,5-3-,8-4-. The first-order valence-electron chi connectivity index (χ1n) is 3.85. The van der Waals surface area contributed by atoms with E-state index >= 15 is 0 Å². The maximum Gasteiger partial charge on any atom is 0.0637 e. The highest BCUT2D eigenvalue weighted by atomic mass is 32.2. The SMILES string of the molecule is [C]1S\C=C/C=C\C=C/C12CC2. The number of hydrogen-bond donors (Lipinski definition) is 0. The quantitative estimate of drug-likeness (QED) is 0.527. The van der Waals surface area contributed by atoms with Crippen LogP contribution >= 0.6 is 11.8 Å². The van der Waals surface area contributed by atoms with Crippen molar-refractivity contribution >= 4 is 11.8 Å². The number of hydrogen-bond acceptors (Lipinski definition) is 1. The molecule has 0 bridgehead atoms. The Balaban J connectivity index is 2.10. The van der Waals surface area contributed by atoms with Gasteiger partial charge in [0.15, 0.2) is 0 Å². The number of rotatable bonds is 0. The molecule has 0 N–H and O–H groups in total. The molecule has 1 aliphatic carbocycles. The summed E-state index contributed by atoms with van der Waals surface area (Å²) in [5.74, 6) is 3.42. The fourth-order valence-corrected chi connectivity index (χ4v) is 1.79. The maximum absolute atomic E-state index is 3.42. The van der Waals surface area contributed by atoms with Crippen LogP contribution in [0.4, 0.5) is 0 Å². The van der Waals surface area contributed by atoms with Crippen molar-refractivity contribution in [3.8, 4) is 0 Å². The molecule has 1 saturated carbocycles. The van der Waals surface area contributed by atoms with E-state index in [0.29, 0.717) is 5.41 Å². The lowest BCUT2D eigenvalue weighted by Crippen LogP contribution is -1.90. The van der Waals surface area contributed by atoms with Gasteiger partial charge >= 0.3 is 0 Å². The zero-order valence-corrected chi connectivity index (χ0v) is 7.10. The molecule has 1 spiro atoms. The van der Waals surface area contributed by atoms with Crippen molar-refractivity contribution in [1.82, 2.24) is 0 Å². The molecule has 1 aliphatic heterocycles. The average Bonchev–Trinajstić information content (AvgIpc) is 2.70. The predicted molar refractivity (Wildman–Crippen MR) is 49.9 cm³/mol. The second-order valence-electron chi connectivity index (χ2n) is 2.95. The van der Waals surface area contributed by atoms with Gasteiger partial charge < -0.3 is 0 Å². The molecule has 2 aliphatic rings. The topological polar surface area (TPSA) is 0 Å². The lowest BCUT2D eigenvalue weighted by atomic mass is 10.1. The van der Waals surface area contributed by atoms with Gasteiger partial charge in [0.2, 0.25) is 0 Å². The van der Waals surface area contributed by atoms with E-state index < -0.39 is 0 Å². The van der Waals surface area contributed by atoms with E-state index in [9.17, 15) is 0 Å². The highest BCUT2D eigenvalue weighted by Gasteiger charge is 2.40. The van der Waals surface area contributed by atoms with Gasteiger partial charge in [0, 0.05) is 5.41 Å². The summed E-state index contributed by atoms with van der Waals surface area (Å²) in [6.07, 6.45) is 13.1. The van der Waals surface area contributed by atoms with E-state index in [1.165, 1.54) is 12.8 Å². The average molecular weight is 162 g/mol. The molecular weight excluding hydrogens is 152 g/mol. The minimum atomic E-state index is 0.323. The molecule has 0 nitrogen and oxygen atoms in total. The molecule has 2 rings (SSSR count). The van der Waals surface area contributed by atoms with E-state index in [1.807, 2.05) is 12.2 Å². The molecule has 2 radical (unpaired) electrons. The van der Waals surface area contributed by atoms with E-state index in [1.54, 1.807) is 11.8 Å². The predicted octanol–water partition coefficient (Wildman–Crippen LogP) is 3.18. The summed E-state index contributed by atoms with van der Waals surface area (Å²) in [5.41, 5.74) is 0.323. The van der Waals surface area contributed by atoms with Gasteiger partial charge in [0.25, 0.3) is 0 Å². The molecular formula is C10H10S. The summed E-state index contributed by atoms with van der Waals surface area (Å²) >= 11 is 1.68. The van der Waals surface area contributed by atoms with E-state index in [-0.39, 0.29) is 0 Å². The van der Waals surface area contributed by atoms with Gasteiger partial charge in [-0.05, 0) is 18.2 Å². The molecule has 1 heterocycles. The summed E-state index contributed by atoms with van der Waals surface area (Å²) in [4.78, 5) is 0. The Labute approximate surface area is 72.1 Å². The smallest absolute Gasteiger partial charge is 0.0637 e. The third kappa shape index (κ3) is 1.78. The van der Waals surface area contributed by atoms with Gasteiger partial charge in [0.05, 0.1) is 5.75 Å². The Morgan fingerprint density at radius 3 is 2.73 bits per heavy atom. The van der Waals surface area contributed by atoms with Crippen molar-refractivity contribution in [3.63, 3.8) is 0 Å². The Morgan fingerprint density at radius 2 is 1.91 bits per heavy atom. The van der Waals surface area contributed by atoms with Crippen LogP contribution in [0.25, 0.3) is 0 Å². The number of allylic oxidation sites excluding steroid dienone is 5. The molecule has 0 unspecified atom stereocenters. The van der Waals surface area contributed by atoms with Crippen LogP contribution in [0, 0.1) is 11.2 Å². The summed E-state index contributed by atoms with van der Waals surface area (Å²) in [5, 5.41) is 2.07. The largest absolute Gasteiger partial charge is 0.123 e. The van der Waals surface area contributed by atoms with E-state index in [0.717, 1.165) is 0 Å². The van der Waals surface area contributed by atoms with Gasteiger partial charge in [-0.25, -0.2) is 0 Å². The van der Waals surface area contributed by atoms with Gasteiger partial charge in [-0.15, -0.1) is 11.8 Å². The maximum atomic E-state index is 3.42. The monoisotopic (exact) mass is 162 g/mol. The van der Waals surface area contributed by atoms with E-state index in [2.05, 4.69) is 29.4 Å². The first-order valence-corrected chi connectivity index (χ1v) is 4.73. The molecule has 0 aromatic rings. The summed E-state index contributed by atoms with van der Waals surface area (Å²) < 4.78 is 0. The van der Waals surface area contributed by atoms with Crippen molar-refractivity contribution in [2.75, 3.05) is 0 Å². The van der Waals surface area contributed by atoms with Crippen LogP contribution in [0.15, 0.2) is 35.8 Å². The zero-order chi connectivity index (χ0) is 7.57. The van der Waals surface area contributed by atoms with Crippen molar-refractivity contribution in [3.05, 3.63) is 41.5 Å². The zero-order valence-electron chi connectivity index (χ0n) is 6.29. The number of thioether (sulfide) groups is 1. The lowest BCUT2D eigenvalue weighted by molar-refractivity contribution is 0.834. The molecule has 0 amide bonds. The van der Waals surface area contributed by atoms with Crippen LogP contribution in [0.1, 0.15) is 12.8 Å². The molecule has 1 heteroatoms. The normalized spacial score (nSPS) is 34.9. The van der Waals surface area contributed by atoms with Crippen LogP contribution in [-0.4, -0.2) is 0 Å².